The van der Waals surface area contributed by atoms with Crippen LogP contribution >= 0.6 is 11.6 Å². The number of fused-ring (bicyclic) bond motifs is 2. The van der Waals surface area contributed by atoms with Crippen molar-refractivity contribution in [1.82, 2.24) is 20.2 Å². The Labute approximate surface area is 182 Å². The molecule has 0 radical (unpaired) electrons. The molecule has 9 heteroatoms. The lowest BCUT2D eigenvalue weighted by atomic mass is 9.76. The van der Waals surface area contributed by atoms with Gasteiger partial charge in [-0.25, -0.2) is 8.91 Å². The molecule has 2 bridgehead atoms. The maximum atomic E-state index is 13.5. The second-order valence-electron chi connectivity index (χ2n) is 8.25. The van der Waals surface area contributed by atoms with E-state index in [0.717, 1.165) is 24.4 Å². The van der Waals surface area contributed by atoms with Gasteiger partial charge in [0.25, 0.3) is 11.8 Å². The van der Waals surface area contributed by atoms with Crippen molar-refractivity contribution < 1.29 is 18.7 Å². The molecule has 3 fully saturated rings. The van der Waals surface area contributed by atoms with Gasteiger partial charge < -0.3 is 15.4 Å². The van der Waals surface area contributed by atoms with E-state index in [2.05, 4.69) is 15.7 Å². The lowest BCUT2D eigenvalue weighted by molar-refractivity contribution is -0.125. The van der Waals surface area contributed by atoms with Crippen molar-refractivity contribution in [1.29, 1.82) is 0 Å². The predicted molar refractivity (Wildman–Crippen MR) is 112 cm³/mol. The fourth-order valence-electron chi connectivity index (χ4n) is 4.64. The quantitative estimate of drug-likeness (QED) is 0.614. The number of carbonyl (C=O) groups excluding carboxylic acids is 2. The zero-order valence-corrected chi connectivity index (χ0v) is 17.2. The van der Waals surface area contributed by atoms with Crippen molar-refractivity contribution in [3.63, 3.8) is 0 Å². The molecule has 2 heterocycles. The average molecular weight is 443 g/mol. The number of rotatable bonds is 6. The third kappa shape index (κ3) is 3.83. The number of nitrogens with one attached hydrogen (secondary N) is 2. The van der Waals surface area contributed by atoms with E-state index in [9.17, 15) is 14.0 Å². The standard InChI is InChI=1S/C22H20ClFN4O3/c23-16-5-4-15(8-17(16)24)31-12-20(29)26-22-9-13(10-22)19(11-22)25-21(30)18-7-14-3-1-2-6-28(14)27-18/h1-8,13,19H,9-12H2,(H,25,30)(H,26,29). The van der Waals surface area contributed by atoms with Crippen LogP contribution in [0.5, 0.6) is 5.75 Å². The Kier molecular flexibility index (Phi) is 4.81. The summed E-state index contributed by atoms with van der Waals surface area (Å²) >= 11 is 5.64. The van der Waals surface area contributed by atoms with Crippen LogP contribution in [0.3, 0.4) is 0 Å². The van der Waals surface area contributed by atoms with Crippen LogP contribution in [0.4, 0.5) is 4.39 Å². The first-order valence-electron chi connectivity index (χ1n) is 10.0. The first-order valence-corrected chi connectivity index (χ1v) is 10.4. The second kappa shape index (κ2) is 7.53. The molecule has 31 heavy (non-hydrogen) atoms. The van der Waals surface area contributed by atoms with Crippen LogP contribution < -0.4 is 15.4 Å². The fourth-order valence-corrected chi connectivity index (χ4v) is 4.76. The largest absolute Gasteiger partial charge is 0.484 e. The van der Waals surface area contributed by atoms with E-state index in [1.807, 2.05) is 18.2 Å². The number of aromatic nitrogens is 2. The first kappa shape index (κ1) is 19.8. The molecule has 3 saturated carbocycles. The van der Waals surface area contributed by atoms with Gasteiger partial charge in [0.05, 0.1) is 10.5 Å². The third-order valence-corrected chi connectivity index (χ3v) is 6.38. The Bertz CT molecular complexity index is 1140. The Morgan fingerprint density at radius 2 is 2.06 bits per heavy atom. The van der Waals surface area contributed by atoms with Crippen molar-refractivity contribution >= 4 is 28.9 Å². The maximum Gasteiger partial charge on any atom is 0.272 e. The topological polar surface area (TPSA) is 84.7 Å². The lowest BCUT2D eigenvalue weighted by Crippen LogP contribution is -2.53. The maximum absolute atomic E-state index is 13.5. The summed E-state index contributed by atoms with van der Waals surface area (Å²) in [6, 6.07) is 11.4. The Hall–Kier alpha value is -3.13. The molecule has 3 aliphatic carbocycles. The monoisotopic (exact) mass is 442 g/mol. The minimum absolute atomic E-state index is 0.00103. The molecule has 0 saturated heterocycles. The number of hydrogen-bond donors (Lipinski definition) is 2. The summed E-state index contributed by atoms with van der Waals surface area (Å²) in [5, 5.41) is 10.4. The molecule has 2 aromatic heterocycles. The van der Waals surface area contributed by atoms with E-state index in [4.69, 9.17) is 16.3 Å². The van der Waals surface area contributed by atoms with E-state index in [0.29, 0.717) is 18.0 Å². The molecule has 1 atom stereocenters. The summed E-state index contributed by atoms with van der Waals surface area (Å²) < 4.78 is 20.5. The summed E-state index contributed by atoms with van der Waals surface area (Å²) in [7, 11) is 0. The van der Waals surface area contributed by atoms with Gasteiger partial charge in [-0.1, -0.05) is 17.7 Å². The third-order valence-electron chi connectivity index (χ3n) is 6.07. The number of carbonyl (C=O) groups is 2. The van der Waals surface area contributed by atoms with Crippen molar-refractivity contribution in [2.24, 2.45) is 5.92 Å². The lowest BCUT2D eigenvalue weighted by Gasteiger charge is -2.39. The zero-order valence-electron chi connectivity index (χ0n) is 16.5. The number of benzene rings is 1. The minimum Gasteiger partial charge on any atom is -0.484 e. The molecule has 1 unspecified atom stereocenters. The van der Waals surface area contributed by atoms with E-state index in [-0.39, 0.29) is 40.8 Å². The molecule has 0 aliphatic heterocycles. The molecule has 0 spiro atoms. The second-order valence-corrected chi connectivity index (χ2v) is 8.65. The van der Waals surface area contributed by atoms with Crippen LogP contribution in [0.15, 0.2) is 48.7 Å². The van der Waals surface area contributed by atoms with Crippen molar-refractivity contribution in [2.75, 3.05) is 6.61 Å². The van der Waals surface area contributed by atoms with Crippen LogP contribution in [-0.4, -0.2) is 39.6 Å². The van der Waals surface area contributed by atoms with Crippen molar-refractivity contribution in [3.05, 3.63) is 65.2 Å². The fraction of sp³-hybridized carbons (Fsp3) is 0.318. The highest BCUT2D eigenvalue weighted by atomic mass is 35.5. The number of pyridine rings is 1. The van der Waals surface area contributed by atoms with E-state index in [1.165, 1.54) is 12.1 Å². The van der Waals surface area contributed by atoms with Gasteiger partial charge in [-0.05, 0) is 55.5 Å². The molecule has 2 N–H and O–H groups in total. The van der Waals surface area contributed by atoms with Crippen molar-refractivity contribution in [3.8, 4) is 5.75 Å². The summed E-state index contributed by atoms with van der Waals surface area (Å²) in [6.45, 7) is -0.217. The average Bonchev–Trinajstić information content (AvgIpc) is 3.39. The van der Waals surface area contributed by atoms with Gasteiger partial charge in [0.15, 0.2) is 12.3 Å². The van der Waals surface area contributed by atoms with Gasteiger partial charge >= 0.3 is 0 Å². The molecule has 160 valence electrons. The van der Waals surface area contributed by atoms with Gasteiger partial charge in [0, 0.05) is 23.8 Å². The number of amides is 2. The molecule has 1 aromatic carbocycles. The van der Waals surface area contributed by atoms with Crippen LogP contribution in [0, 0.1) is 11.7 Å². The molecule has 6 rings (SSSR count). The number of ether oxygens (including phenoxy) is 1. The van der Waals surface area contributed by atoms with Gasteiger partial charge in [0.1, 0.15) is 11.6 Å². The molecule has 3 aromatic rings. The molecular formula is C22H20ClFN4O3. The highest BCUT2D eigenvalue weighted by Crippen LogP contribution is 2.52. The van der Waals surface area contributed by atoms with E-state index in [1.54, 1.807) is 16.8 Å². The van der Waals surface area contributed by atoms with E-state index >= 15 is 0 Å². The smallest absolute Gasteiger partial charge is 0.272 e. The molecule has 3 aliphatic rings. The summed E-state index contributed by atoms with van der Waals surface area (Å²) in [5.74, 6) is -0.519. The van der Waals surface area contributed by atoms with Crippen LogP contribution in [0.25, 0.3) is 5.52 Å². The number of hydrogen-bond acceptors (Lipinski definition) is 4. The first-order chi connectivity index (χ1) is 14.9. The van der Waals surface area contributed by atoms with E-state index < -0.39 is 5.82 Å². The zero-order chi connectivity index (χ0) is 21.6. The van der Waals surface area contributed by atoms with Gasteiger partial charge in [-0.2, -0.15) is 5.10 Å². The molecule has 7 nitrogen and oxygen atoms in total. The van der Waals surface area contributed by atoms with Gasteiger partial charge in [-0.3, -0.25) is 9.59 Å². The SMILES string of the molecule is O=C(COc1ccc(Cl)c(F)c1)NC12CC(C1)C(NC(=O)c1cc3ccccn3n1)C2. The Balaban J connectivity index is 1.14. The summed E-state index contributed by atoms with van der Waals surface area (Å²) in [5.41, 5.74) is 0.900. The molecular weight excluding hydrogens is 423 g/mol. The van der Waals surface area contributed by atoms with Gasteiger partial charge in [0.2, 0.25) is 0 Å². The van der Waals surface area contributed by atoms with Crippen molar-refractivity contribution in [2.45, 2.75) is 30.8 Å². The predicted octanol–water partition coefficient (Wildman–Crippen LogP) is 2.97. The Morgan fingerprint density at radius 1 is 1.23 bits per heavy atom. The summed E-state index contributed by atoms with van der Waals surface area (Å²) in [4.78, 5) is 25.0. The van der Waals surface area contributed by atoms with Gasteiger partial charge in [-0.15, -0.1) is 0 Å². The number of halogens is 2. The number of nitrogens with zero attached hydrogens (tertiary/aromatic N) is 2. The highest BCUT2D eigenvalue weighted by Gasteiger charge is 2.57. The highest BCUT2D eigenvalue weighted by molar-refractivity contribution is 6.30. The van der Waals surface area contributed by atoms with Crippen LogP contribution in [-0.2, 0) is 4.79 Å². The molecule has 2 amide bonds. The Morgan fingerprint density at radius 3 is 2.84 bits per heavy atom. The normalized spacial score (nSPS) is 23.9. The van der Waals surface area contributed by atoms with Crippen LogP contribution in [0.2, 0.25) is 5.02 Å². The minimum atomic E-state index is -0.597. The summed E-state index contributed by atoms with van der Waals surface area (Å²) in [6.07, 6.45) is 4.08. The van der Waals surface area contributed by atoms with Crippen LogP contribution in [0.1, 0.15) is 29.8 Å².